The molecule has 3 nitrogen and oxygen atoms in total. The van der Waals surface area contributed by atoms with Crippen LogP contribution in [0.3, 0.4) is 0 Å². The first kappa shape index (κ1) is 5.56. The summed E-state index contributed by atoms with van der Waals surface area (Å²) in [6.45, 7) is 1.44. The highest BCUT2D eigenvalue weighted by molar-refractivity contribution is 5.90. The molecule has 0 aromatic rings. The predicted octanol–water partition coefficient (Wildman–Crippen LogP) is -0.0658. The molecular weight excluding hydrogens is 104 g/mol. The molecule has 0 aliphatic carbocycles. The Balaban J connectivity index is 2.30. The van der Waals surface area contributed by atoms with Gasteiger partial charge in [0.25, 0.3) is 0 Å². The maximum atomic E-state index is 4.88. The molecule has 0 saturated carbocycles. The molecule has 0 unspecified atom stereocenters. The quantitative estimate of drug-likeness (QED) is 0.446. The molecule has 0 N–H and O–H groups in total. The second-order valence-electron chi connectivity index (χ2n) is 2.01. The third-order valence-electron chi connectivity index (χ3n) is 0.879. The molecule has 46 valence electrons. The van der Waals surface area contributed by atoms with E-state index in [1.54, 1.807) is 5.01 Å². The van der Waals surface area contributed by atoms with Crippen LogP contribution in [0, 0.1) is 0 Å². The highest BCUT2D eigenvalue weighted by atomic mass is 16.5. The molecule has 0 aromatic carbocycles. The lowest BCUT2D eigenvalue weighted by Crippen LogP contribution is -2.29. The third-order valence-corrected chi connectivity index (χ3v) is 0.879. The van der Waals surface area contributed by atoms with Gasteiger partial charge in [-0.1, -0.05) is 0 Å². The molecule has 0 amide bonds. The fourth-order valence-electron chi connectivity index (χ4n) is 0.534. The molecule has 1 rings (SSSR count). The van der Waals surface area contributed by atoms with Crippen LogP contribution >= 0.6 is 0 Å². The minimum atomic E-state index is 0.720. The molecule has 1 saturated heterocycles. The van der Waals surface area contributed by atoms with Crippen LogP contribution in [0.4, 0.5) is 0 Å². The maximum absolute atomic E-state index is 4.88. The van der Waals surface area contributed by atoms with Gasteiger partial charge < -0.3 is 9.75 Å². The molecule has 8 heavy (non-hydrogen) atoms. The monoisotopic (exact) mass is 114 g/mol. The van der Waals surface area contributed by atoms with E-state index < -0.39 is 0 Å². The van der Waals surface area contributed by atoms with Gasteiger partial charge in [0, 0.05) is 14.1 Å². The lowest BCUT2D eigenvalue weighted by molar-refractivity contribution is 0.154. The van der Waals surface area contributed by atoms with Crippen molar-refractivity contribution in [3.63, 3.8) is 0 Å². The van der Waals surface area contributed by atoms with Gasteiger partial charge in [0.05, 0.1) is 18.9 Å². The Bertz CT molecular complexity index is 103. The molecule has 0 radical (unpaired) electrons. The van der Waals surface area contributed by atoms with Crippen molar-refractivity contribution in [3.8, 4) is 0 Å². The van der Waals surface area contributed by atoms with Gasteiger partial charge in [-0.15, -0.1) is 0 Å². The summed E-state index contributed by atoms with van der Waals surface area (Å²) in [7, 11) is 3.82. The second kappa shape index (κ2) is 2.13. The van der Waals surface area contributed by atoms with Gasteiger partial charge in [-0.2, -0.15) is 5.10 Å². The minimum absolute atomic E-state index is 0.720. The number of nitrogens with zero attached hydrogens (tertiary/aromatic N) is 2. The lowest BCUT2D eigenvalue weighted by atomic mass is 10.3. The Labute approximate surface area is 48.9 Å². The summed E-state index contributed by atoms with van der Waals surface area (Å²) >= 11 is 0. The molecular formula is C5H10N2O. The van der Waals surface area contributed by atoms with Crippen molar-refractivity contribution >= 4 is 5.71 Å². The van der Waals surface area contributed by atoms with E-state index in [9.17, 15) is 0 Å². The van der Waals surface area contributed by atoms with Gasteiger partial charge in [-0.25, -0.2) is 0 Å². The number of hydrogen-bond donors (Lipinski definition) is 0. The van der Waals surface area contributed by atoms with E-state index in [1.807, 2.05) is 14.1 Å². The molecule has 1 aliphatic heterocycles. The molecule has 1 aliphatic rings. The largest absolute Gasteiger partial charge is 0.369 e. The summed E-state index contributed by atoms with van der Waals surface area (Å²) in [4.78, 5) is 0. The molecule has 1 heterocycles. The van der Waals surface area contributed by atoms with E-state index in [0.717, 1.165) is 18.9 Å². The van der Waals surface area contributed by atoms with Crippen LogP contribution in [-0.2, 0) is 4.74 Å². The van der Waals surface area contributed by atoms with Crippen LogP contribution in [0.1, 0.15) is 0 Å². The summed E-state index contributed by atoms with van der Waals surface area (Å²) in [6, 6.07) is 0. The fourth-order valence-corrected chi connectivity index (χ4v) is 0.534. The van der Waals surface area contributed by atoms with Crippen LogP contribution < -0.4 is 0 Å². The molecule has 0 spiro atoms. The molecule has 3 heteroatoms. The van der Waals surface area contributed by atoms with E-state index in [2.05, 4.69) is 5.10 Å². The van der Waals surface area contributed by atoms with E-state index in [-0.39, 0.29) is 0 Å². The van der Waals surface area contributed by atoms with E-state index in [4.69, 9.17) is 4.74 Å². The Hall–Kier alpha value is -0.570. The van der Waals surface area contributed by atoms with Crippen molar-refractivity contribution in [2.24, 2.45) is 5.10 Å². The SMILES string of the molecule is CN(C)N=C1COC1. The van der Waals surface area contributed by atoms with E-state index in [1.165, 1.54) is 0 Å². The fraction of sp³-hybridized carbons (Fsp3) is 0.800. The molecule has 1 fully saturated rings. The van der Waals surface area contributed by atoms with Gasteiger partial charge >= 0.3 is 0 Å². The predicted molar refractivity (Wildman–Crippen MR) is 31.9 cm³/mol. The number of rotatable bonds is 1. The van der Waals surface area contributed by atoms with Crippen molar-refractivity contribution in [1.82, 2.24) is 5.01 Å². The van der Waals surface area contributed by atoms with Crippen molar-refractivity contribution < 1.29 is 4.74 Å². The van der Waals surface area contributed by atoms with Crippen molar-refractivity contribution in [2.75, 3.05) is 27.3 Å². The zero-order chi connectivity index (χ0) is 5.98. The third kappa shape index (κ3) is 1.20. The first-order valence-electron chi connectivity index (χ1n) is 2.60. The van der Waals surface area contributed by atoms with Gasteiger partial charge in [0.2, 0.25) is 0 Å². The number of ether oxygens (including phenoxy) is 1. The topological polar surface area (TPSA) is 24.8 Å². The Morgan fingerprint density at radius 3 is 2.25 bits per heavy atom. The number of hydrogen-bond acceptors (Lipinski definition) is 3. The van der Waals surface area contributed by atoms with Gasteiger partial charge in [0.1, 0.15) is 0 Å². The Kier molecular flexibility index (Phi) is 1.48. The average Bonchev–Trinajstić information content (AvgIpc) is 1.55. The Morgan fingerprint density at radius 1 is 1.50 bits per heavy atom. The van der Waals surface area contributed by atoms with Gasteiger partial charge in [-0.3, -0.25) is 0 Å². The highest BCUT2D eigenvalue weighted by Gasteiger charge is 2.09. The zero-order valence-corrected chi connectivity index (χ0v) is 5.22. The summed E-state index contributed by atoms with van der Waals surface area (Å²) < 4.78 is 4.88. The molecule has 0 bridgehead atoms. The lowest BCUT2D eigenvalue weighted by Gasteiger charge is -2.17. The summed E-state index contributed by atoms with van der Waals surface area (Å²) in [6.07, 6.45) is 0. The van der Waals surface area contributed by atoms with Crippen LogP contribution in [0.15, 0.2) is 5.10 Å². The van der Waals surface area contributed by atoms with Crippen molar-refractivity contribution in [2.45, 2.75) is 0 Å². The first-order valence-corrected chi connectivity index (χ1v) is 2.60. The molecule has 0 atom stereocenters. The van der Waals surface area contributed by atoms with E-state index >= 15 is 0 Å². The van der Waals surface area contributed by atoms with E-state index in [0.29, 0.717) is 0 Å². The minimum Gasteiger partial charge on any atom is -0.369 e. The Morgan fingerprint density at radius 2 is 2.12 bits per heavy atom. The maximum Gasteiger partial charge on any atom is 0.0895 e. The average molecular weight is 114 g/mol. The van der Waals surface area contributed by atoms with Crippen LogP contribution in [0.25, 0.3) is 0 Å². The summed E-state index contributed by atoms with van der Waals surface area (Å²) in [5.74, 6) is 0. The second-order valence-corrected chi connectivity index (χ2v) is 2.01. The normalized spacial score (nSPS) is 17.5. The smallest absolute Gasteiger partial charge is 0.0895 e. The summed E-state index contributed by atoms with van der Waals surface area (Å²) in [5, 5.41) is 5.90. The van der Waals surface area contributed by atoms with Gasteiger partial charge in [0.15, 0.2) is 0 Å². The van der Waals surface area contributed by atoms with Crippen molar-refractivity contribution in [1.29, 1.82) is 0 Å². The first-order chi connectivity index (χ1) is 3.79. The number of hydrazone groups is 1. The van der Waals surface area contributed by atoms with Crippen molar-refractivity contribution in [3.05, 3.63) is 0 Å². The zero-order valence-electron chi connectivity index (χ0n) is 5.22. The van der Waals surface area contributed by atoms with Gasteiger partial charge in [-0.05, 0) is 0 Å². The van der Waals surface area contributed by atoms with Crippen LogP contribution in [0.5, 0.6) is 0 Å². The summed E-state index contributed by atoms with van der Waals surface area (Å²) in [5.41, 5.74) is 1.13. The van der Waals surface area contributed by atoms with Crippen LogP contribution in [-0.4, -0.2) is 38.0 Å². The van der Waals surface area contributed by atoms with Crippen LogP contribution in [0.2, 0.25) is 0 Å². The highest BCUT2D eigenvalue weighted by Crippen LogP contribution is 1.95. The molecule has 0 aromatic heterocycles. The standard InChI is InChI=1S/C5H10N2O/c1-7(2)6-5-3-8-4-5/h3-4H2,1-2H3.